The van der Waals surface area contributed by atoms with Crippen LogP contribution in [-0.2, 0) is 11.7 Å². The molecule has 1 unspecified atom stereocenters. The number of halogens is 4. The second-order valence-corrected chi connectivity index (χ2v) is 7.27. The number of hydrogen-bond acceptors (Lipinski definition) is 5. The molecule has 1 aromatic carbocycles. The number of rotatable bonds is 2. The number of aryl methyl sites for hydroxylation is 1. The van der Waals surface area contributed by atoms with Crippen LogP contribution in [0.25, 0.3) is 5.70 Å². The fourth-order valence-electron chi connectivity index (χ4n) is 3.66. The standard InChI is InChI=1S/C19H21F4N5O/c1-10-26-14(9-16(29)27-10)17(24)15-4-3-7-18(2,28(15)25)12-6-5-11(8-13(12)20)19(21,22)23/h5-6,8-9H,3-4,7,24-25H2,1-2H3,(H,26,27,29)/b17-15-. The summed E-state index contributed by atoms with van der Waals surface area (Å²) in [6.45, 7) is 3.24. The second kappa shape index (κ2) is 7.18. The number of aromatic amines is 1. The summed E-state index contributed by atoms with van der Waals surface area (Å²) in [6.07, 6.45) is -3.21. The summed E-state index contributed by atoms with van der Waals surface area (Å²) in [6, 6.07) is 3.64. The molecule has 1 aliphatic rings. The zero-order chi connectivity index (χ0) is 21.6. The molecule has 1 saturated heterocycles. The summed E-state index contributed by atoms with van der Waals surface area (Å²) in [5, 5.41) is 1.27. The zero-order valence-corrected chi connectivity index (χ0v) is 15.9. The van der Waals surface area contributed by atoms with E-state index >= 15 is 0 Å². The summed E-state index contributed by atoms with van der Waals surface area (Å²) in [4.78, 5) is 18.4. The van der Waals surface area contributed by atoms with Crippen molar-refractivity contribution >= 4 is 5.70 Å². The Bertz CT molecular complexity index is 1030. The molecule has 0 aliphatic carbocycles. The van der Waals surface area contributed by atoms with Crippen LogP contribution in [0.15, 0.2) is 34.8 Å². The quantitative estimate of drug-likeness (QED) is 0.521. The van der Waals surface area contributed by atoms with Crippen molar-refractivity contribution in [2.75, 3.05) is 0 Å². The molecule has 0 saturated carbocycles. The van der Waals surface area contributed by atoms with E-state index in [1.54, 1.807) is 13.8 Å². The lowest BCUT2D eigenvalue weighted by molar-refractivity contribution is -0.137. The van der Waals surface area contributed by atoms with E-state index in [4.69, 9.17) is 11.6 Å². The molecule has 1 aromatic heterocycles. The summed E-state index contributed by atoms with van der Waals surface area (Å²) in [5.74, 6) is 5.66. The van der Waals surface area contributed by atoms with Crippen molar-refractivity contribution in [3.63, 3.8) is 0 Å². The normalized spacial score (nSPS) is 22.0. The third-order valence-corrected chi connectivity index (χ3v) is 5.22. The Hall–Kier alpha value is -2.88. The van der Waals surface area contributed by atoms with Gasteiger partial charge in [0.15, 0.2) is 0 Å². The number of benzene rings is 1. The van der Waals surface area contributed by atoms with E-state index in [1.807, 2.05) is 0 Å². The van der Waals surface area contributed by atoms with Crippen LogP contribution < -0.4 is 17.1 Å². The van der Waals surface area contributed by atoms with Crippen molar-refractivity contribution in [2.24, 2.45) is 11.6 Å². The molecular weight excluding hydrogens is 390 g/mol. The first-order valence-electron chi connectivity index (χ1n) is 8.92. The number of aromatic nitrogens is 2. The maximum atomic E-state index is 14.7. The van der Waals surface area contributed by atoms with Crippen molar-refractivity contribution in [3.8, 4) is 0 Å². The van der Waals surface area contributed by atoms with Crippen LogP contribution in [0, 0.1) is 12.7 Å². The Labute approximate surface area is 164 Å². The minimum Gasteiger partial charge on any atom is -0.396 e. The molecule has 6 nitrogen and oxygen atoms in total. The lowest BCUT2D eigenvalue weighted by Crippen LogP contribution is -2.51. The van der Waals surface area contributed by atoms with E-state index < -0.39 is 23.1 Å². The van der Waals surface area contributed by atoms with Gasteiger partial charge in [0.2, 0.25) is 0 Å². The molecule has 0 amide bonds. The highest BCUT2D eigenvalue weighted by atomic mass is 19.4. The first-order chi connectivity index (χ1) is 13.4. The molecule has 156 valence electrons. The van der Waals surface area contributed by atoms with Crippen molar-refractivity contribution in [1.82, 2.24) is 15.0 Å². The van der Waals surface area contributed by atoms with Crippen LogP contribution in [0.1, 0.15) is 48.8 Å². The fourth-order valence-corrected chi connectivity index (χ4v) is 3.66. The highest BCUT2D eigenvalue weighted by Crippen LogP contribution is 2.42. The van der Waals surface area contributed by atoms with Crippen molar-refractivity contribution in [1.29, 1.82) is 0 Å². The predicted octanol–water partition coefficient (Wildman–Crippen LogP) is 3.14. The Morgan fingerprint density at radius 3 is 2.59 bits per heavy atom. The third kappa shape index (κ3) is 3.84. The number of nitrogens with zero attached hydrogens (tertiary/aromatic N) is 2. The first-order valence-corrected chi connectivity index (χ1v) is 8.92. The minimum absolute atomic E-state index is 0.0352. The number of nitrogens with one attached hydrogen (secondary N) is 1. The van der Waals surface area contributed by atoms with E-state index in [1.165, 1.54) is 11.1 Å². The molecule has 2 aromatic rings. The number of hydrogen-bond donors (Lipinski definition) is 3. The molecular formula is C19H21F4N5O. The lowest BCUT2D eigenvalue weighted by Gasteiger charge is -2.45. The SMILES string of the molecule is Cc1nc(/C(N)=C2\CCCC(C)(c3ccc(C(F)(F)F)cc3F)N2N)cc(=O)[nH]1. The van der Waals surface area contributed by atoms with Gasteiger partial charge in [-0.15, -0.1) is 0 Å². The third-order valence-electron chi connectivity index (χ3n) is 5.22. The van der Waals surface area contributed by atoms with Gasteiger partial charge in [0, 0.05) is 11.6 Å². The van der Waals surface area contributed by atoms with Crippen LogP contribution in [0.3, 0.4) is 0 Å². The largest absolute Gasteiger partial charge is 0.416 e. The minimum atomic E-state index is -4.64. The molecule has 1 atom stereocenters. The first kappa shape index (κ1) is 20.8. The van der Waals surface area contributed by atoms with Crippen molar-refractivity contribution < 1.29 is 17.6 Å². The van der Waals surface area contributed by atoms with E-state index in [2.05, 4.69) is 9.97 Å². The zero-order valence-electron chi connectivity index (χ0n) is 15.9. The average Bonchev–Trinajstić information content (AvgIpc) is 2.61. The van der Waals surface area contributed by atoms with Crippen LogP contribution in [-0.4, -0.2) is 15.0 Å². The Morgan fingerprint density at radius 1 is 1.31 bits per heavy atom. The van der Waals surface area contributed by atoms with Gasteiger partial charge in [0.05, 0.1) is 28.2 Å². The number of H-pyrrole nitrogens is 1. The molecule has 0 spiro atoms. The summed E-state index contributed by atoms with van der Waals surface area (Å²) in [5.41, 5.74) is 4.52. The maximum Gasteiger partial charge on any atom is 0.416 e. The Balaban J connectivity index is 2.06. The smallest absolute Gasteiger partial charge is 0.396 e. The molecule has 3 rings (SSSR count). The van der Waals surface area contributed by atoms with Gasteiger partial charge < -0.3 is 15.7 Å². The molecule has 0 radical (unpaired) electrons. The Kier molecular flexibility index (Phi) is 5.16. The molecule has 2 heterocycles. The van der Waals surface area contributed by atoms with Crippen molar-refractivity contribution in [2.45, 2.75) is 44.8 Å². The average molecular weight is 411 g/mol. The molecule has 0 bridgehead atoms. The van der Waals surface area contributed by atoms with Gasteiger partial charge in [-0.1, -0.05) is 6.07 Å². The number of nitrogens with two attached hydrogens (primary N) is 2. The Morgan fingerprint density at radius 2 is 2.00 bits per heavy atom. The van der Waals surface area contributed by atoms with E-state index in [0.717, 1.165) is 12.1 Å². The van der Waals surface area contributed by atoms with Gasteiger partial charge in [-0.2, -0.15) is 13.2 Å². The maximum absolute atomic E-state index is 14.7. The lowest BCUT2D eigenvalue weighted by atomic mass is 9.81. The van der Waals surface area contributed by atoms with Gasteiger partial charge in [-0.3, -0.25) is 4.79 Å². The van der Waals surface area contributed by atoms with Crippen LogP contribution in [0.2, 0.25) is 0 Å². The van der Waals surface area contributed by atoms with E-state index in [9.17, 15) is 22.4 Å². The molecule has 1 fully saturated rings. The van der Waals surface area contributed by atoms with Gasteiger partial charge >= 0.3 is 6.18 Å². The van der Waals surface area contributed by atoms with E-state index in [0.29, 0.717) is 36.9 Å². The van der Waals surface area contributed by atoms with Gasteiger partial charge in [0.1, 0.15) is 11.6 Å². The summed E-state index contributed by atoms with van der Waals surface area (Å²) < 4.78 is 53.3. The van der Waals surface area contributed by atoms with Gasteiger partial charge in [0.25, 0.3) is 5.56 Å². The van der Waals surface area contributed by atoms with Gasteiger partial charge in [-0.05, 0) is 45.2 Å². The number of piperidine rings is 1. The number of alkyl halides is 3. The number of hydrazine groups is 1. The molecule has 10 heteroatoms. The highest BCUT2D eigenvalue weighted by molar-refractivity contribution is 5.62. The fraction of sp³-hybridized carbons (Fsp3) is 0.368. The molecule has 1 aliphatic heterocycles. The predicted molar refractivity (Wildman–Crippen MR) is 99.3 cm³/mol. The number of allylic oxidation sites excluding steroid dienone is 1. The summed E-state index contributed by atoms with van der Waals surface area (Å²) in [7, 11) is 0. The van der Waals surface area contributed by atoms with Crippen LogP contribution in [0.4, 0.5) is 17.6 Å². The molecule has 29 heavy (non-hydrogen) atoms. The topological polar surface area (TPSA) is 101 Å². The monoisotopic (exact) mass is 411 g/mol. The second-order valence-electron chi connectivity index (χ2n) is 7.27. The van der Waals surface area contributed by atoms with Gasteiger partial charge in [-0.25, -0.2) is 15.2 Å². The highest BCUT2D eigenvalue weighted by Gasteiger charge is 2.41. The summed E-state index contributed by atoms with van der Waals surface area (Å²) >= 11 is 0. The van der Waals surface area contributed by atoms with E-state index in [-0.39, 0.29) is 22.5 Å². The van der Waals surface area contributed by atoms with Crippen molar-refractivity contribution in [3.05, 3.63) is 68.8 Å². The van der Waals surface area contributed by atoms with Crippen LogP contribution in [0.5, 0.6) is 0 Å². The molecule has 5 N–H and O–H groups in total. The van der Waals surface area contributed by atoms with Crippen LogP contribution >= 0.6 is 0 Å².